The van der Waals surface area contributed by atoms with Gasteiger partial charge >= 0.3 is 0 Å². The summed E-state index contributed by atoms with van der Waals surface area (Å²) in [6.45, 7) is 7.47. The Morgan fingerprint density at radius 3 is 2.29 bits per heavy atom. The van der Waals surface area contributed by atoms with Crippen molar-refractivity contribution in [1.29, 1.82) is 0 Å². The molecule has 5 rings (SSSR count). The molecule has 35 heavy (non-hydrogen) atoms. The van der Waals surface area contributed by atoms with E-state index >= 15 is 0 Å². The average molecular weight is 486 g/mol. The fraction of sp³-hybridized carbons (Fsp3) is 0.560. The molecule has 0 radical (unpaired) electrons. The van der Waals surface area contributed by atoms with Crippen LogP contribution >= 0.6 is 0 Å². The molecule has 0 spiro atoms. The van der Waals surface area contributed by atoms with Gasteiger partial charge in [0.2, 0.25) is 11.9 Å². The van der Waals surface area contributed by atoms with Crippen LogP contribution in [0.4, 0.5) is 31.9 Å². The molecule has 1 aromatic carbocycles. The van der Waals surface area contributed by atoms with Gasteiger partial charge in [-0.2, -0.15) is 4.98 Å². The van der Waals surface area contributed by atoms with Crippen molar-refractivity contribution in [1.82, 2.24) is 20.2 Å². The van der Waals surface area contributed by atoms with E-state index < -0.39 is 23.3 Å². The zero-order chi connectivity index (χ0) is 24.6. The average Bonchev–Trinajstić information content (AvgIpc) is 3.49. The third-order valence-corrected chi connectivity index (χ3v) is 7.39. The Morgan fingerprint density at radius 1 is 1.00 bits per heavy atom. The van der Waals surface area contributed by atoms with Gasteiger partial charge in [-0.1, -0.05) is 0 Å². The fourth-order valence-electron chi connectivity index (χ4n) is 4.77. The molecule has 1 aliphatic carbocycles. The Kier molecular flexibility index (Phi) is 6.25. The Labute approximate surface area is 204 Å². The number of nitrogens with one attached hydrogen (secondary N) is 2. The molecule has 10 heteroatoms. The normalized spacial score (nSPS) is 23.6. The summed E-state index contributed by atoms with van der Waals surface area (Å²) in [5.74, 6) is -3.20. The first-order chi connectivity index (χ1) is 16.7. The minimum atomic E-state index is -2.84. The number of amides is 1. The van der Waals surface area contributed by atoms with Crippen molar-refractivity contribution in [2.45, 2.75) is 37.6 Å². The van der Waals surface area contributed by atoms with Crippen molar-refractivity contribution < 1.29 is 13.6 Å². The van der Waals surface area contributed by atoms with Gasteiger partial charge in [-0.3, -0.25) is 4.79 Å². The second kappa shape index (κ2) is 9.22. The molecule has 2 N–H and O–H groups in total. The molecule has 3 fully saturated rings. The minimum Gasteiger partial charge on any atom is -0.369 e. The number of carbonyl (C=O) groups excluding carboxylic acids is 1. The number of hydrogen-bond donors (Lipinski definition) is 2. The summed E-state index contributed by atoms with van der Waals surface area (Å²) in [5.41, 5.74) is 1.66. The van der Waals surface area contributed by atoms with Crippen molar-refractivity contribution >= 4 is 29.0 Å². The molecule has 1 atom stereocenters. The monoisotopic (exact) mass is 485 g/mol. The van der Waals surface area contributed by atoms with Crippen LogP contribution in [0, 0.1) is 5.92 Å². The molecule has 8 nitrogen and oxygen atoms in total. The molecule has 0 unspecified atom stereocenters. The Morgan fingerprint density at radius 2 is 1.66 bits per heavy atom. The third-order valence-electron chi connectivity index (χ3n) is 7.39. The van der Waals surface area contributed by atoms with E-state index in [0.29, 0.717) is 31.9 Å². The first-order valence-corrected chi connectivity index (χ1v) is 12.3. The molecule has 188 valence electrons. The zero-order valence-electron chi connectivity index (χ0n) is 20.3. The molecule has 2 saturated heterocycles. The smallest absolute Gasteiger partial charge is 0.260 e. The summed E-state index contributed by atoms with van der Waals surface area (Å²) < 4.78 is 26.5. The van der Waals surface area contributed by atoms with Crippen molar-refractivity contribution in [3.8, 4) is 0 Å². The van der Waals surface area contributed by atoms with Gasteiger partial charge in [-0.05, 0) is 57.1 Å². The standard InChI is InChI=1S/C25H33F2N7O/c1-24(31-22(35)20-17-25(20,26)27)8-11-34(12-9-24)21-7-10-28-23(30-21)29-18-3-5-19(6-4-18)33-15-13-32(2)14-16-33/h3-7,10,20H,8-9,11-17H2,1-2H3,(H,31,35)(H,28,29,30)/t20-/m0/s1. The predicted octanol–water partition coefficient (Wildman–Crippen LogP) is 3.10. The van der Waals surface area contributed by atoms with Crippen molar-refractivity contribution in [2.75, 3.05) is 61.4 Å². The molecule has 3 aliphatic rings. The number of rotatable bonds is 6. The lowest BCUT2D eigenvalue weighted by Gasteiger charge is -2.40. The second-order valence-corrected chi connectivity index (χ2v) is 10.3. The van der Waals surface area contributed by atoms with Gasteiger partial charge in [0, 0.05) is 68.8 Å². The van der Waals surface area contributed by atoms with Crippen molar-refractivity contribution in [2.24, 2.45) is 5.92 Å². The maximum Gasteiger partial charge on any atom is 0.260 e. The second-order valence-electron chi connectivity index (χ2n) is 10.3. The molecule has 3 heterocycles. The number of carbonyl (C=O) groups is 1. The van der Waals surface area contributed by atoms with Gasteiger partial charge in [0.15, 0.2) is 0 Å². The molecule has 1 aromatic heterocycles. The number of hydrogen-bond acceptors (Lipinski definition) is 7. The topological polar surface area (TPSA) is 76.6 Å². The van der Waals surface area contributed by atoms with Crippen LogP contribution in [0.2, 0.25) is 0 Å². The first kappa shape index (κ1) is 23.7. The number of benzene rings is 1. The van der Waals surface area contributed by atoms with Crippen LogP contribution < -0.4 is 20.4 Å². The lowest BCUT2D eigenvalue weighted by atomic mass is 9.89. The molecule has 1 saturated carbocycles. The number of nitrogens with zero attached hydrogens (tertiary/aromatic N) is 5. The maximum absolute atomic E-state index is 13.2. The van der Waals surface area contributed by atoms with Crippen LogP contribution in [-0.2, 0) is 4.79 Å². The first-order valence-electron chi connectivity index (χ1n) is 12.3. The Balaban J connectivity index is 1.16. The lowest BCUT2D eigenvalue weighted by molar-refractivity contribution is -0.126. The highest BCUT2D eigenvalue weighted by atomic mass is 19.3. The number of aromatic nitrogens is 2. The van der Waals surface area contributed by atoms with E-state index in [1.54, 1.807) is 6.20 Å². The summed E-state index contributed by atoms with van der Waals surface area (Å²) in [7, 11) is 2.15. The van der Waals surface area contributed by atoms with Crippen LogP contribution in [0.3, 0.4) is 0 Å². The highest BCUT2D eigenvalue weighted by Gasteiger charge is 2.61. The van der Waals surface area contributed by atoms with Gasteiger partial charge in [-0.15, -0.1) is 0 Å². The molecule has 2 aliphatic heterocycles. The number of halogens is 2. The number of anilines is 4. The van der Waals surface area contributed by atoms with E-state index in [-0.39, 0.29) is 6.42 Å². The van der Waals surface area contributed by atoms with E-state index in [0.717, 1.165) is 37.7 Å². The Bertz CT molecular complexity index is 1050. The summed E-state index contributed by atoms with van der Waals surface area (Å²) in [6, 6.07) is 10.2. The fourth-order valence-corrected chi connectivity index (χ4v) is 4.77. The predicted molar refractivity (Wildman–Crippen MR) is 133 cm³/mol. The van der Waals surface area contributed by atoms with Crippen LogP contribution in [0.25, 0.3) is 0 Å². The van der Waals surface area contributed by atoms with Crippen LogP contribution in [0.15, 0.2) is 36.5 Å². The minimum absolute atomic E-state index is 0.337. The number of alkyl halides is 2. The van der Waals surface area contributed by atoms with E-state index in [2.05, 4.69) is 54.5 Å². The largest absolute Gasteiger partial charge is 0.369 e. The van der Waals surface area contributed by atoms with Crippen LogP contribution in [-0.4, -0.2) is 78.6 Å². The van der Waals surface area contributed by atoms with E-state index in [4.69, 9.17) is 0 Å². The molecular formula is C25H33F2N7O. The van der Waals surface area contributed by atoms with Gasteiger partial charge < -0.3 is 25.3 Å². The molecule has 0 bridgehead atoms. The number of piperazine rings is 1. The summed E-state index contributed by atoms with van der Waals surface area (Å²) in [6.07, 6.45) is 2.72. The van der Waals surface area contributed by atoms with E-state index in [9.17, 15) is 13.6 Å². The molecule has 1 amide bonds. The van der Waals surface area contributed by atoms with Gasteiger partial charge in [-0.25, -0.2) is 13.8 Å². The summed E-state index contributed by atoms with van der Waals surface area (Å²) in [5, 5.41) is 6.15. The van der Waals surface area contributed by atoms with Crippen LogP contribution in [0.5, 0.6) is 0 Å². The van der Waals surface area contributed by atoms with Gasteiger partial charge in [0.25, 0.3) is 5.92 Å². The highest BCUT2D eigenvalue weighted by Crippen LogP contribution is 2.49. The molecule has 2 aromatic rings. The Hall–Kier alpha value is -3.01. The lowest BCUT2D eigenvalue weighted by Crippen LogP contribution is -2.54. The van der Waals surface area contributed by atoms with Gasteiger partial charge in [0.05, 0.1) is 0 Å². The van der Waals surface area contributed by atoms with E-state index in [1.165, 1.54) is 5.69 Å². The van der Waals surface area contributed by atoms with Crippen LogP contribution in [0.1, 0.15) is 26.2 Å². The summed E-state index contributed by atoms with van der Waals surface area (Å²) in [4.78, 5) is 28.1. The van der Waals surface area contributed by atoms with Gasteiger partial charge in [0.1, 0.15) is 11.7 Å². The quantitative estimate of drug-likeness (QED) is 0.651. The van der Waals surface area contributed by atoms with Crippen molar-refractivity contribution in [3.05, 3.63) is 36.5 Å². The van der Waals surface area contributed by atoms with Crippen molar-refractivity contribution in [3.63, 3.8) is 0 Å². The van der Waals surface area contributed by atoms with E-state index in [1.807, 2.05) is 25.1 Å². The number of likely N-dealkylation sites (N-methyl/N-ethyl adjacent to an activating group) is 1. The third kappa shape index (κ3) is 5.47. The summed E-state index contributed by atoms with van der Waals surface area (Å²) >= 11 is 0. The molecular weight excluding hydrogens is 452 g/mol. The zero-order valence-corrected chi connectivity index (χ0v) is 20.3. The maximum atomic E-state index is 13.2. The number of piperidine rings is 1. The SMILES string of the molecule is CN1CCN(c2ccc(Nc3nccc(N4CCC(C)(NC(=O)[C@@H]5CC5(F)F)CC4)n3)cc2)CC1. The highest BCUT2D eigenvalue weighted by molar-refractivity contribution is 5.83.